The Hall–Kier alpha value is -3.56. The minimum atomic E-state index is -4.86. The summed E-state index contributed by atoms with van der Waals surface area (Å²) in [7, 11) is 1.65. The number of rotatable bonds is 8. The first-order chi connectivity index (χ1) is 21.6. The summed E-state index contributed by atoms with van der Waals surface area (Å²) in [6.45, 7) is 2.02. The molecule has 2 fully saturated rings. The van der Waals surface area contributed by atoms with Crippen molar-refractivity contribution in [1.82, 2.24) is 9.80 Å². The fourth-order valence-corrected chi connectivity index (χ4v) is 6.22. The van der Waals surface area contributed by atoms with Gasteiger partial charge in [-0.05, 0) is 56.0 Å². The Kier molecular flexibility index (Phi) is 9.76. The summed E-state index contributed by atoms with van der Waals surface area (Å²) >= 11 is 6.35. The highest BCUT2D eigenvalue weighted by atomic mass is 35.5. The molecule has 1 saturated heterocycles. The summed E-state index contributed by atoms with van der Waals surface area (Å²) < 4.78 is 91.1. The second kappa shape index (κ2) is 13.3. The number of nitrogens with zero attached hydrogens (tertiary/aromatic N) is 4. The number of halogens is 7. The molecule has 250 valence electrons. The van der Waals surface area contributed by atoms with Crippen LogP contribution in [-0.2, 0) is 28.4 Å². The minimum Gasteiger partial charge on any atom is -0.458 e. The molecule has 2 aliphatic rings. The molecule has 2 aromatic carbocycles. The van der Waals surface area contributed by atoms with Crippen LogP contribution in [0.4, 0.5) is 37.7 Å². The summed E-state index contributed by atoms with van der Waals surface area (Å²) in [6.07, 6.45) is -7.15. The van der Waals surface area contributed by atoms with E-state index in [1.807, 2.05) is 4.90 Å². The molecule has 0 spiro atoms. The van der Waals surface area contributed by atoms with Crippen molar-refractivity contribution in [2.75, 3.05) is 44.7 Å². The molecule has 9 nitrogen and oxygen atoms in total. The molecule has 1 aliphatic carbocycles. The number of piperazine rings is 1. The van der Waals surface area contributed by atoms with Gasteiger partial charge in [0.15, 0.2) is 0 Å². The molecule has 1 amide bonds. The Balaban J connectivity index is 1.07. The first-order valence-corrected chi connectivity index (χ1v) is 15.0. The fourth-order valence-electron chi connectivity index (χ4n) is 5.97. The van der Waals surface area contributed by atoms with Crippen molar-refractivity contribution in [3.05, 3.63) is 68.4 Å². The lowest BCUT2D eigenvalue weighted by Gasteiger charge is -2.37. The van der Waals surface area contributed by atoms with Crippen molar-refractivity contribution >= 4 is 39.9 Å². The van der Waals surface area contributed by atoms with Crippen LogP contribution in [0.5, 0.6) is 0 Å². The molecule has 0 atom stereocenters. The van der Waals surface area contributed by atoms with Gasteiger partial charge in [-0.1, -0.05) is 11.6 Å². The highest BCUT2D eigenvalue weighted by Crippen LogP contribution is 2.40. The van der Waals surface area contributed by atoms with E-state index in [9.17, 15) is 41.3 Å². The van der Waals surface area contributed by atoms with Gasteiger partial charge in [0, 0.05) is 56.4 Å². The molecule has 0 N–H and O–H groups in total. The quantitative estimate of drug-likeness (QED) is 0.142. The van der Waals surface area contributed by atoms with E-state index in [1.54, 1.807) is 16.8 Å². The van der Waals surface area contributed by atoms with Gasteiger partial charge in [-0.25, -0.2) is 0 Å². The first-order valence-electron chi connectivity index (χ1n) is 14.6. The molecule has 1 aliphatic heterocycles. The van der Waals surface area contributed by atoms with E-state index in [1.165, 1.54) is 12.1 Å². The number of furan rings is 1. The topological polar surface area (TPSA) is 92.3 Å². The van der Waals surface area contributed by atoms with E-state index in [0.717, 1.165) is 24.3 Å². The van der Waals surface area contributed by atoms with Crippen LogP contribution in [0.3, 0.4) is 0 Å². The Bertz CT molecular complexity index is 1580. The third kappa shape index (κ3) is 7.52. The number of benzene rings is 2. The predicted octanol–water partition coefficient (Wildman–Crippen LogP) is 7.14. The highest BCUT2D eigenvalue weighted by molar-refractivity contribution is 6.36. The van der Waals surface area contributed by atoms with Gasteiger partial charge in [0.2, 0.25) is 5.91 Å². The van der Waals surface area contributed by atoms with Crippen LogP contribution in [0.1, 0.15) is 42.6 Å². The van der Waals surface area contributed by atoms with E-state index in [4.69, 9.17) is 20.8 Å². The van der Waals surface area contributed by atoms with Crippen LogP contribution in [0.2, 0.25) is 5.02 Å². The van der Waals surface area contributed by atoms with Crippen LogP contribution in [0, 0.1) is 10.1 Å². The largest absolute Gasteiger partial charge is 0.458 e. The summed E-state index contributed by atoms with van der Waals surface area (Å²) in [5, 5.41) is 11.4. The second-order valence-corrected chi connectivity index (χ2v) is 11.9. The van der Waals surface area contributed by atoms with Gasteiger partial charge in [0.1, 0.15) is 23.5 Å². The lowest BCUT2D eigenvalue weighted by Crippen LogP contribution is -2.49. The maximum Gasteiger partial charge on any atom is 0.423 e. The number of alkyl halides is 6. The average Bonchev–Trinajstić information content (AvgIpc) is 3.32. The standard InChI is InChI=1S/C30H31ClF6N4O5/c1-38(20-5-8-24(41(43)44)23(15-20)30(35,36)37)19-3-6-21(7-4-19)45-17-27(42)40-12-10-39(11-13-40)16-26-28(31)22-14-18(29(32,33)34)2-9-25(22)46-26/h2,5,8-9,14-15,19,21H,3-4,6-7,10-13,16-17H2,1H3/t19-,21-. The number of ether oxygens (including phenoxy) is 1. The molecule has 1 aromatic heterocycles. The lowest BCUT2D eigenvalue weighted by atomic mass is 9.91. The van der Waals surface area contributed by atoms with Gasteiger partial charge < -0.3 is 19.0 Å². The zero-order chi connectivity index (χ0) is 33.4. The number of hydrogen-bond acceptors (Lipinski definition) is 7. The third-order valence-corrected chi connectivity index (χ3v) is 9.05. The fraction of sp³-hybridized carbons (Fsp3) is 0.500. The normalized spacial score (nSPS) is 19.9. The van der Waals surface area contributed by atoms with Crippen molar-refractivity contribution in [2.24, 2.45) is 0 Å². The Morgan fingerprint density at radius 3 is 2.30 bits per heavy atom. The summed E-state index contributed by atoms with van der Waals surface area (Å²) in [6, 6.07) is 6.06. The lowest BCUT2D eigenvalue weighted by molar-refractivity contribution is -0.388. The van der Waals surface area contributed by atoms with Crippen LogP contribution >= 0.6 is 11.6 Å². The zero-order valence-corrected chi connectivity index (χ0v) is 25.4. The summed E-state index contributed by atoms with van der Waals surface area (Å²) in [5.74, 6) is 0.181. The number of carbonyl (C=O) groups is 1. The summed E-state index contributed by atoms with van der Waals surface area (Å²) in [5.41, 5.74) is -2.60. The Labute approximate surface area is 264 Å². The molecule has 0 unspecified atom stereocenters. The molecule has 46 heavy (non-hydrogen) atoms. The molecule has 1 saturated carbocycles. The number of hydrogen-bond donors (Lipinski definition) is 0. The van der Waals surface area contributed by atoms with E-state index < -0.39 is 34.1 Å². The molecule has 3 aromatic rings. The van der Waals surface area contributed by atoms with Crippen molar-refractivity contribution < 1.29 is 45.2 Å². The number of carbonyl (C=O) groups excluding carboxylic acids is 1. The van der Waals surface area contributed by atoms with Gasteiger partial charge in [-0.15, -0.1) is 0 Å². The van der Waals surface area contributed by atoms with E-state index in [0.29, 0.717) is 57.6 Å². The molecular formula is C30H31ClF6N4O5. The third-order valence-electron chi connectivity index (χ3n) is 8.64. The van der Waals surface area contributed by atoms with Crippen LogP contribution in [-0.4, -0.2) is 72.6 Å². The molecule has 16 heteroatoms. The van der Waals surface area contributed by atoms with Crippen LogP contribution < -0.4 is 4.90 Å². The van der Waals surface area contributed by atoms with Crippen molar-refractivity contribution in [3.63, 3.8) is 0 Å². The molecule has 0 bridgehead atoms. The SMILES string of the molecule is CN(c1ccc([N+](=O)[O-])c(C(F)(F)F)c1)[C@H]1CC[C@H](OCC(=O)N2CCN(Cc3oc4ccc(C(F)(F)F)cc4c3Cl)CC2)CC1. The number of anilines is 1. The van der Waals surface area contributed by atoms with E-state index in [-0.39, 0.29) is 52.9 Å². The van der Waals surface area contributed by atoms with E-state index in [2.05, 4.69) is 0 Å². The van der Waals surface area contributed by atoms with Crippen molar-refractivity contribution in [1.29, 1.82) is 0 Å². The molecule has 0 radical (unpaired) electrons. The molecule has 5 rings (SSSR count). The molecular weight excluding hydrogens is 646 g/mol. The van der Waals surface area contributed by atoms with Gasteiger partial charge in [-0.2, -0.15) is 26.3 Å². The van der Waals surface area contributed by atoms with Crippen molar-refractivity contribution in [3.8, 4) is 0 Å². The number of fused-ring (bicyclic) bond motifs is 1. The van der Waals surface area contributed by atoms with Crippen LogP contribution in [0.25, 0.3) is 11.0 Å². The predicted molar refractivity (Wildman–Crippen MR) is 157 cm³/mol. The molecule has 2 heterocycles. The van der Waals surface area contributed by atoms with Gasteiger partial charge in [0.05, 0.1) is 28.2 Å². The minimum absolute atomic E-state index is 0.0990. The Morgan fingerprint density at radius 2 is 1.70 bits per heavy atom. The maximum atomic E-state index is 13.4. The number of amides is 1. The Morgan fingerprint density at radius 1 is 1.02 bits per heavy atom. The van der Waals surface area contributed by atoms with Gasteiger partial charge >= 0.3 is 12.4 Å². The number of nitro benzene ring substituents is 1. The maximum absolute atomic E-state index is 13.4. The average molecular weight is 677 g/mol. The number of nitro groups is 1. The highest BCUT2D eigenvalue weighted by Gasteiger charge is 2.39. The van der Waals surface area contributed by atoms with E-state index >= 15 is 0 Å². The summed E-state index contributed by atoms with van der Waals surface area (Å²) in [4.78, 5) is 28.2. The zero-order valence-electron chi connectivity index (χ0n) is 24.7. The van der Waals surface area contributed by atoms with Crippen molar-refractivity contribution in [2.45, 2.75) is 56.7 Å². The monoisotopic (exact) mass is 676 g/mol. The smallest absolute Gasteiger partial charge is 0.423 e. The second-order valence-electron chi connectivity index (χ2n) is 11.5. The first kappa shape index (κ1) is 33.8. The van der Waals surface area contributed by atoms with Crippen LogP contribution in [0.15, 0.2) is 40.8 Å². The van der Waals surface area contributed by atoms with Gasteiger partial charge in [-0.3, -0.25) is 19.8 Å². The van der Waals surface area contributed by atoms with Gasteiger partial charge in [0.25, 0.3) is 5.69 Å².